The van der Waals surface area contributed by atoms with Gasteiger partial charge in [0.15, 0.2) is 0 Å². The van der Waals surface area contributed by atoms with E-state index in [1.165, 1.54) is 16.8 Å². The van der Waals surface area contributed by atoms with E-state index in [-0.39, 0.29) is 17.5 Å². The molecule has 0 saturated heterocycles. The Hall–Kier alpha value is -2.37. The lowest BCUT2D eigenvalue weighted by atomic mass is 10.3. The van der Waals surface area contributed by atoms with Gasteiger partial charge in [-0.15, -0.1) is 0 Å². The van der Waals surface area contributed by atoms with Crippen molar-refractivity contribution in [1.29, 1.82) is 0 Å². The second-order valence-electron chi connectivity index (χ2n) is 5.52. The Kier molecular flexibility index (Phi) is 4.09. The van der Waals surface area contributed by atoms with E-state index in [0.717, 1.165) is 25.0 Å². The largest absolute Gasteiger partial charge is 0.467 e. The summed E-state index contributed by atoms with van der Waals surface area (Å²) in [6.07, 6.45) is 4.40. The van der Waals surface area contributed by atoms with Crippen LogP contribution in [-0.4, -0.2) is 26.6 Å². The second-order valence-corrected chi connectivity index (χ2v) is 5.52. The lowest BCUT2D eigenvalue weighted by Crippen LogP contribution is -2.35. The van der Waals surface area contributed by atoms with Crippen molar-refractivity contribution in [1.82, 2.24) is 14.7 Å². The molecular weight excluding hydrogens is 282 g/mol. The van der Waals surface area contributed by atoms with Crippen LogP contribution < -0.4 is 5.56 Å². The Labute approximate surface area is 128 Å². The number of carbonyl (C=O) groups is 1. The minimum atomic E-state index is -0.178. The van der Waals surface area contributed by atoms with E-state index in [9.17, 15) is 9.59 Å². The fourth-order valence-corrected chi connectivity index (χ4v) is 2.41. The molecule has 6 heteroatoms. The van der Waals surface area contributed by atoms with E-state index >= 15 is 0 Å². The van der Waals surface area contributed by atoms with Crippen molar-refractivity contribution in [2.75, 3.05) is 0 Å². The molecule has 22 heavy (non-hydrogen) atoms. The van der Waals surface area contributed by atoms with Crippen molar-refractivity contribution in [3.8, 4) is 0 Å². The summed E-state index contributed by atoms with van der Waals surface area (Å²) in [4.78, 5) is 26.2. The molecule has 0 unspecified atom stereocenters. The maximum absolute atomic E-state index is 12.7. The first-order valence-electron chi connectivity index (χ1n) is 7.60. The maximum atomic E-state index is 12.7. The standard InChI is InChI=1S/C16H19N3O3/c1-2-9-19-15(20)8-7-14(17-19)16(21)18(12-5-6-12)11-13-4-3-10-22-13/h3-4,7-8,10,12H,2,5-6,9,11H2,1H3. The maximum Gasteiger partial charge on any atom is 0.274 e. The predicted octanol–water partition coefficient (Wildman–Crippen LogP) is 2.05. The normalized spacial score (nSPS) is 14.0. The number of hydrogen-bond donors (Lipinski definition) is 0. The molecule has 1 fully saturated rings. The molecular formula is C16H19N3O3. The van der Waals surface area contributed by atoms with E-state index in [0.29, 0.717) is 18.8 Å². The second kappa shape index (κ2) is 6.17. The van der Waals surface area contributed by atoms with Crippen molar-refractivity contribution in [3.63, 3.8) is 0 Å². The Morgan fingerprint density at radius 2 is 2.23 bits per heavy atom. The average molecular weight is 301 g/mol. The smallest absolute Gasteiger partial charge is 0.274 e. The van der Waals surface area contributed by atoms with Crippen molar-refractivity contribution >= 4 is 5.91 Å². The third-order valence-corrected chi connectivity index (χ3v) is 3.68. The highest BCUT2D eigenvalue weighted by Gasteiger charge is 2.34. The summed E-state index contributed by atoms with van der Waals surface area (Å²) in [6.45, 7) is 2.92. The van der Waals surface area contributed by atoms with Gasteiger partial charge in [0, 0.05) is 18.7 Å². The Morgan fingerprint density at radius 3 is 2.86 bits per heavy atom. The Morgan fingerprint density at radius 1 is 1.41 bits per heavy atom. The number of hydrogen-bond acceptors (Lipinski definition) is 4. The molecule has 2 aromatic heterocycles. The van der Waals surface area contributed by atoms with Gasteiger partial charge in [0.05, 0.1) is 12.8 Å². The molecule has 0 N–H and O–H groups in total. The molecule has 1 aliphatic rings. The summed E-state index contributed by atoms with van der Waals surface area (Å²) in [5.41, 5.74) is 0.133. The lowest BCUT2D eigenvalue weighted by Gasteiger charge is -2.21. The zero-order valence-electron chi connectivity index (χ0n) is 12.6. The molecule has 1 saturated carbocycles. The minimum absolute atomic E-state index is 0.149. The molecule has 116 valence electrons. The van der Waals surface area contributed by atoms with Crippen molar-refractivity contribution in [2.24, 2.45) is 0 Å². The van der Waals surface area contributed by atoms with Gasteiger partial charge < -0.3 is 9.32 Å². The van der Waals surface area contributed by atoms with E-state index < -0.39 is 0 Å². The minimum Gasteiger partial charge on any atom is -0.467 e. The molecule has 6 nitrogen and oxygen atoms in total. The first-order chi connectivity index (χ1) is 10.7. The number of aromatic nitrogens is 2. The third kappa shape index (κ3) is 3.10. The summed E-state index contributed by atoms with van der Waals surface area (Å²) >= 11 is 0. The molecule has 1 amide bonds. The SMILES string of the molecule is CCCn1nc(C(=O)N(Cc2ccco2)C2CC2)ccc1=O. The average Bonchev–Trinajstić information content (AvgIpc) is 3.23. The van der Waals surface area contributed by atoms with Gasteiger partial charge in [-0.25, -0.2) is 4.68 Å². The van der Waals surface area contributed by atoms with Crippen molar-refractivity contribution < 1.29 is 9.21 Å². The summed E-state index contributed by atoms with van der Waals surface area (Å²) in [6, 6.07) is 6.83. The lowest BCUT2D eigenvalue weighted by molar-refractivity contribution is 0.0708. The molecule has 1 aliphatic carbocycles. The van der Waals surface area contributed by atoms with Gasteiger partial charge in [-0.2, -0.15) is 5.10 Å². The van der Waals surface area contributed by atoms with Gasteiger partial charge in [-0.1, -0.05) is 6.92 Å². The van der Waals surface area contributed by atoms with E-state index in [1.54, 1.807) is 11.2 Å². The van der Waals surface area contributed by atoms with Crippen LogP contribution in [0.2, 0.25) is 0 Å². The monoisotopic (exact) mass is 301 g/mol. The zero-order chi connectivity index (χ0) is 15.5. The van der Waals surface area contributed by atoms with Crippen LogP contribution in [0.3, 0.4) is 0 Å². The molecule has 0 aromatic carbocycles. The summed E-state index contributed by atoms with van der Waals surface area (Å²) in [7, 11) is 0. The first kappa shape index (κ1) is 14.6. The van der Waals surface area contributed by atoms with Gasteiger partial charge in [-0.05, 0) is 37.5 Å². The van der Waals surface area contributed by atoms with Gasteiger partial charge in [-0.3, -0.25) is 9.59 Å². The van der Waals surface area contributed by atoms with Crippen LogP contribution in [0.25, 0.3) is 0 Å². The molecule has 0 atom stereocenters. The highest BCUT2D eigenvalue weighted by atomic mass is 16.3. The fourth-order valence-electron chi connectivity index (χ4n) is 2.41. The number of nitrogens with zero attached hydrogens (tertiary/aromatic N) is 3. The fraction of sp³-hybridized carbons (Fsp3) is 0.438. The van der Waals surface area contributed by atoms with Crippen LogP contribution >= 0.6 is 0 Å². The van der Waals surface area contributed by atoms with Crippen molar-refractivity contribution in [2.45, 2.75) is 45.3 Å². The topological polar surface area (TPSA) is 68.3 Å². The van der Waals surface area contributed by atoms with Gasteiger partial charge in [0.2, 0.25) is 0 Å². The molecule has 2 heterocycles. The van der Waals surface area contributed by atoms with Gasteiger partial charge in [0.1, 0.15) is 11.5 Å². The summed E-state index contributed by atoms with van der Waals surface area (Å²) in [5, 5.41) is 4.20. The number of furan rings is 1. The number of aryl methyl sites for hydroxylation is 1. The summed E-state index contributed by atoms with van der Waals surface area (Å²) in [5.74, 6) is 0.603. The highest BCUT2D eigenvalue weighted by molar-refractivity contribution is 5.92. The van der Waals surface area contributed by atoms with Gasteiger partial charge >= 0.3 is 0 Å². The van der Waals surface area contributed by atoms with Crippen molar-refractivity contribution in [3.05, 3.63) is 52.3 Å². The molecule has 0 spiro atoms. The quantitative estimate of drug-likeness (QED) is 0.819. The molecule has 0 aliphatic heterocycles. The summed E-state index contributed by atoms with van der Waals surface area (Å²) < 4.78 is 6.69. The van der Waals surface area contributed by atoms with E-state index in [1.807, 2.05) is 19.1 Å². The third-order valence-electron chi connectivity index (χ3n) is 3.68. The predicted molar refractivity (Wildman–Crippen MR) is 80.4 cm³/mol. The number of carbonyl (C=O) groups excluding carboxylic acids is 1. The van der Waals surface area contributed by atoms with Crippen LogP contribution in [0.4, 0.5) is 0 Å². The zero-order valence-corrected chi connectivity index (χ0v) is 12.6. The van der Waals surface area contributed by atoms with Crippen LogP contribution in [0.1, 0.15) is 42.4 Å². The molecule has 0 bridgehead atoms. The van der Waals surface area contributed by atoms with Crippen LogP contribution in [-0.2, 0) is 13.1 Å². The first-order valence-corrected chi connectivity index (χ1v) is 7.60. The highest BCUT2D eigenvalue weighted by Crippen LogP contribution is 2.29. The Bertz CT molecular complexity index is 702. The van der Waals surface area contributed by atoms with E-state index in [4.69, 9.17) is 4.42 Å². The molecule has 3 rings (SSSR count). The van der Waals surface area contributed by atoms with E-state index in [2.05, 4.69) is 5.10 Å². The van der Waals surface area contributed by atoms with Crippen LogP contribution in [0, 0.1) is 0 Å². The van der Waals surface area contributed by atoms with Gasteiger partial charge in [0.25, 0.3) is 11.5 Å². The molecule has 0 radical (unpaired) electrons. The molecule has 2 aromatic rings. The number of rotatable bonds is 6. The van der Waals surface area contributed by atoms with Crippen LogP contribution in [0.5, 0.6) is 0 Å². The Balaban J connectivity index is 1.84. The number of amides is 1. The van der Waals surface area contributed by atoms with Crippen LogP contribution in [0.15, 0.2) is 39.7 Å².